The highest BCUT2D eigenvalue weighted by atomic mass is 16.2. The first-order valence-corrected chi connectivity index (χ1v) is 11.4. The molecule has 1 aromatic heterocycles. The lowest BCUT2D eigenvalue weighted by Gasteiger charge is -2.29. The van der Waals surface area contributed by atoms with Gasteiger partial charge < -0.3 is 20.5 Å². The van der Waals surface area contributed by atoms with Gasteiger partial charge in [0.05, 0.1) is 0 Å². The topological polar surface area (TPSA) is 63.3 Å². The minimum Gasteiger partial charge on any atom is -0.348 e. The number of piperidine rings is 1. The summed E-state index contributed by atoms with van der Waals surface area (Å²) in [6, 6.07) is 23.3. The Kier molecular flexibility index (Phi) is 5.68. The number of hydrogen-bond donors (Lipinski definition) is 2. The van der Waals surface area contributed by atoms with Crippen molar-refractivity contribution in [1.82, 2.24) is 14.8 Å². The van der Waals surface area contributed by atoms with Gasteiger partial charge in [0.25, 0.3) is 5.91 Å². The molecule has 1 amide bonds. The normalized spacial score (nSPS) is 15.4. The molecule has 5 nitrogen and oxygen atoms in total. The van der Waals surface area contributed by atoms with Gasteiger partial charge in [-0.15, -0.1) is 0 Å². The summed E-state index contributed by atoms with van der Waals surface area (Å²) < 4.78 is 2.15. The number of carbonyl (C=O) groups is 1. The van der Waals surface area contributed by atoms with Crippen LogP contribution in [0.2, 0.25) is 0 Å². The van der Waals surface area contributed by atoms with Crippen molar-refractivity contribution in [2.24, 2.45) is 5.73 Å². The minimum absolute atomic E-state index is 0.00490. The molecule has 0 aliphatic carbocycles. The molecular weight excluding hydrogens is 396 g/mol. The van der Waals surface area contributed by atoms with Gasteiger partial charge in [-0.3, -0.25) is 4.79 Å². The standard InChI is InChI=1S/C27H30N4O/c1-30-13-11-23(12-14-30)29-27(32)26-16-21-10-9-19(17-28)15-25(21)31(26)18-22-7-4-6-20-5-2-3-8-24(20)22/h2-10,15-16,23H,11-14,17-18,28H2,1H3,(H,29,32). The van der Waals surface area contributed by atoms with Gasteiger partial charge >= 0.3 is 0 Å². The molecule has 0 saturated carbocycles. The van der Waals surface area contributed by atoms with Crippen LogP contribution < -0.4 is 11.1 Å². The number of aromatic nitrogens is 1. The summed E-state index contributed by atoms with van der Waals surface area (Å²) in [7, 11) is 2.13. The van der Waals surface area contributed by atoms with Crippen LogP contribution in [0.1, 0.15) is 34.5 Å². The Morgan fingerprint density at radius 1 is 1.00 bits per heavy atom. The Hall–Kier alpha value is -3.15. The molecule has 1 fully saturated rings. The van der Waals surface area contributed by atoms with Crippen LogP contribution >= 0.6 is 0 Å². The number of hydrogen-bond acceptors (Lipinski definition) is 3. The SMILES string of the molecule is CN1CCC(NC(=O)c2cc3ccc(CN)cc3n2Cc2cccc3ccccc23)CC1. The molecule has 0 radical (unpaired) electrons. The highest BCUT2D eigenvalue weighted by Gasteiger charge is 2.22. The molecule has 3 aromatic carbocycles. The molecule has 5 rings (SSSR count). The highest BCUT2D eigenvalue weighted by Crippen LogP contribution is 2.26. The van der Waals surface area contributed by atoms with Gasteiger partial charge in [0.1, 0.15) is 5.69 Å². The summed E-state index contributed by atoms with van der Waals surface area (Å²) in [4.78, 5) is 15.7. The summed E-state index contributed by atoms with van der Waals surface area (Å²) in [6.07, 6.45) is 1.98. The predicted octanol–water partition coefficient (Wildman–Crippen LogP) is 4.13. The van der Waals surface area contributed by atoms with E-state index in [1.807, 2.05) is 12.1 Å². The Morgan fingerprint density at radius 2 is 1.78 bits per heavy atom. The van der Waals surface area contributed by atoms with Gasteiger partial charge in [-0.25, -0.2) is 0 Å². The zero-order chi connectivity index (χ0) is 22.1. The average Bonchev–Trinajstić information content (AvgIpc) is 3.18. The van der Waals surface area contributed by atoms with Crippen molar-refractivity contribution in [3.05, 3.63) is 83.6 Å². The lowest BCUT2D eigenvalue weighted by molar-refractivity contribution is 0.0908. The summed E-state index contributed by atoms with van der Waals surface area (Å²) in [6.45, 7) is 3.15. The number of fused-ring (bicyclic) bond motifs is 2. The second-order valence-corrected chi connectivity index (χ2v) is 8.90. The van der Waals surface area contributed by atoms with Crippen LogP contribution in [-0.2, 0) is 13.1 Å². The third-order valence-corrected chi connectivity index (χ3v) is 6.70. The van der Waals surface area contributed by atoms with Gasteiger partial charge in [0.15, 0.2) is 0 Å². The second kappa shape index (κ2) is 8.77. The molecule has 0 atom stereocenters. The zero-order valence-electron chi connectivity index (χ0n) is 18.6. The van der Waals surface area contributed by atoms with Crippen LogP contribution in [0.4, 0.5) is 0 Å². The van der Waals surface area contributed by atoms with Crippen LogP contribution in [-0.4, -0.2) is 41.6 Å². The Bertz CT molecular complexity index is 1260. The molecule has 5 heteroatoms. The third kappa shape index (κ3) is 4.01. The molecule has 2 heterocycles. The quantitative estimate of drug-likeness (QED) is 0.504. The summed E-state index contributed by atoms with van der Waals surface area (Å²) in [5, 5.41) is 6.79. The van der Waals surface area contributed by atoms with Crippen molar-refractivity contribution in [1.29, 1.82) is 0 Å². The predicted molar refractivity (Wildman–Crippen MR) is 131 cm³/mol. The molecular formula is C27H30N4O. The molecule has 1 aliphatic rings. The number of carbonyl (C=O) groups excluding carboxylic acids is 1. The van der Waals surface area contributed by atoms with Gasteiger partial charge in [-0.05, 0) is 67.0 Å². The zero-order valence-corrected chi connectivity index (χ0v) is 18.6. The van der Waals surface area contributed by atoms with Crippen molar-refractivity contribution in [2.45, 2.75) is 32.0 Å². The van der Waals surface area contributed by atoms with E-state index in [4.69, 9.17) is 5.73 Å². The number of nitrogens with two attached hydrogens (primary N) is 1. The van der Waals surface area contributed by atoms with Crippen LogP contribution in [0.25, 0.3) is 21.7 Å². The maximum Gasteiger partial charge on any atom is 0.268 e. The van der Waals surface area contributed by atoms with E-state index in [0.29, 0.717) is 18.8 Å². The maximum absolute atomic E-state index is 13.4. The van der Waals surface area contributed by atoms with Crippen molar-refractivity contribution in [3.63, 3.8) is 0 Å². The van der Waals surface area contributed by atoms with E-state index in [2.05, 4.69) is 76.4 Å². The van der Waals surface area contributed by atoms with Gasteiger partial charge in [-0.1, -0.05) is 54.6 Å². The van der Waals surface area contributed by atoms with Crippen molar-refractivity contribution in [2.75, 3.05) is 20.1 Å². The molecule has 4 aromatic rings. The van der Waals surface area contributed by atoms with Crippen LogP contribution in [0, 0.1) is 0 Å². The van der Waals surface area contributed by atoms with Crippen molar-refractivity contribution < 1.29 is 4.79 Å². The molecule has 0 bridgehead atoms. The van der Waals surface area contributed by atoms with Crippen molar-refractivity contribution >= 4 is 27.6 Å². The number of amides is 1. The maximum atomic E-state index is 13.4. The second-order valence-electron chi connectivity index (χ2n) is 8.90. The van der Waals surface area contributed by atoms with Gasteiger partial charge in [0.2, 0.25) is 0 Å². The van der Waals surface area contributed by atoms with Crippen LogP contribution in [0.15, 0.2) is 66.7 Å². The van der Waals surface area contributed by atoms with E-state index >= 15 is 0 Å². The smallest absolute Gasteiger partial charge is 0.268 e. The van der Waals surface area contributed by atoms with E-state index in [1.165, 1.54) is 16.3 Å². The number of nitrogens with one attached hydrogen (secondary N) is 1. The fraction of sp³-hybridized carbons (Fsp3) is 0.296. The lowest BCUT2D eigenvalue weighted by atomic mass is 10.0. The Morgan fingerprint density at radius 3 is 2.59 bits per heavy atom. The van der Waals surface area contributed by atoms with Crippen LogP contribution in [0.5, 0.6) is 0 Å². The van der Waals surface area contributed by atoms with E-state index in [1.54, 1.807) is 0 Å². The van der Waals surface area contributed by atoms with E-state index in [9.17, 15) is 4.79 Å². The van der Waals surface area contributed by atoms with Crippen LogP contribution in [0.3, 0.4) is 0 Å². The summed E-state index contributed by atoms with van der Waals surface area (Å²) in [5.74, 6) is 0.00490. The number of likely N-dealkylation sites (tertiary alicyclic amines) is 1. The van der Waals surface area contributed by atoms with E-state index < -0.39 is 0 Å². The largest absolute Gasteiger partial charge is 0.348 e. The molecule has 1 saturated heterocycles. The molecule has 32 heavy (non-hydrogen) atoms. The van der Waals surface area contributed by atoms with Crippen molar-refractivity contribution in [3.8, 4) is 0 Å². The fourth-order valence-electron chi connectivity index (χ4n) is 4.80. The average molecular weight is 427 g/mol. The third-order valence-electron chi connectivity index (χ3n) is 6.70. The molecule has 164 valence electrons. The monoisotopic (exact) mass is 426 g/mol. The number of benzene rings is 3. The highest BCUT2D eigenvalue weighted by molar-refractivity contribution is 5.99. The first-order chi connectivity index (χ1) is 15.6. The van der Waals surface area contributed by atoms with Gasteiger partial charge in [0, 0.05) is 30.0 Å². The molecule has 1 aliphatic heterocycles. The first kappa shape index (κ1) is 20.7. The number of nitrogens with zero attached hydrogens (tertiary/aromatic N) is 2. The number of rotatable bonds is 5. The van der Waals surface area contributed by atoms with E-state index in [-0.39, 0.29) is 11.9 Å². The molecule has 3 N–H and O–H groups in total. The molecule has 0 spiro atoms. The Labute approximate surface area is 188 Å². The summed E-state index contributed by atoms with van der Waals surface area (Å²) >= 11 is 0. The molecule has 0 unspecified atom stereocenters. The lowest BCUT2D eigenvalue weighted by Crippen LogP contribution is -2.43. The summed E-state index contributed by atoms with van der Waals surface area (Å²) in [5.41, 5.74) is 9.95. The van der Waals surface area contributed by atoms with Gasteiger partial charge in [-0.2, -0.15) is 0 Å². The first-order valence-electron chi connectivity index (χ1n) is 11.4. The minimum atomic E-state index is 0.00490. The van der Waals surface area contributed by atoms with E-state index in [0.717, 1.165) is 42.4 Å². The fourth-order valence-corrected chi connectivity index (χ4v) is 4.80. The Balaban J connectivity index is 1.55.